The van der Waals surface area contributed by atoms with Gasteiger partial charge < -0.3 is 14.8 Å². The molecule has 3 aromatic heterocycles. The first-order valence-electron chi connectivity index (χ1n) is 14.5. The van der Waals surface area contributed by atoms with E-state index in [1.165, 1.54) is 78.6 Å². The number of rotatable bonds is 10. The Balaban J connectivity index is 1.27. The summed E-state index contributed by atoms with van der Waals surface area (Å²) in [6.45, 7) is 1.87. The fourth-order valence-corrected chi connectivity index (χ4v) is 5.77. The number of hydrogen-bond acceptors (Lipinski definition) is 7. The largest absolute Gasteiger partial charge is 0.493 e. The number of carbonyl (C=O) groups excluding carboxylic acids is 1. The highest BCUT2D eigenvalue weighted by Gasteiger charge is 2.22. The molecule has 6 aromatic rings. The molecule has 0 atom stereocenters. The molecule has 0 saturated heterocycles. The molecular formula is C34H27F2N5O6S. The van der Waals surface area contributed by atoms with Crippen LogP contribution in [0.15, 0.2) is 113 Å². The number of carbonyl (C=O) groups is 1. The summed E-state index contributed by atoms with van der Waals surface area (Å²) < 4.78 is 69.7. The quantitative estimate of drug-likeness (QED) is 0.189. The van der Waals surface area contributed by atoms with E-state index >= 15 is 4.39 Å². The number of pyridine rings is 1. The Kier molecular flexibility index (Phi) is 8.76. The fourth-order valence-electron chi connectivity index (χ4n) is 5.04. The number of fused-ring (bicyclic) bond motifs is 1. The molecule has 0 aliphatic rings. The van der Waals surface area contributed by atoms with Crippen molar-refractivity contribution in [1.82, 2.24) is 18.9 Å². The molecule has 2 N–H and O–H groups in total. The lowest BCUT2D eigenvalue weighted by molar-refractivity contribution is 0.102. The number of nitrogens with one attached hydrogen (secondary N) is 2. The van der Waals surface area contributed by atoms with Crippen LogP contribution in [-0.2, 0) is 10.0 Å². The van der Waals surface area contributed by atoms with Crippen molar-refractivity contribution in [2.75, 3.05) is 19.0 Å². The third-order valence-electron chi connectivity index (χ3n) is 7.36. The molecule has 48 heavy (non-hydrogen) atoms. The molecule has 3 aromatic carbocycles. The number of amides is 1. The number of benzene rings is 3. The maximum Gasteiger partial charge on any atom is 0.271 e. The van der Waals surface area contributed by atoms with Crippen LogP contribution in [0.3, 0.4) is 0 Å². The van der Waals surface area contributed by atoms with Gasteiger partial charge in [-0.3, -0.25) is 14.2 Å². The average molecular weight is 672 g/mol. The average Bonchev–Trinajstić information content (AvgIpc) is 3.52. The first kappa shape index (κ1) is 32.1. The normalized spacial score (nSPS) is 11.4. The first-order valence-corrected chi connectivity index (χ1v) is 16.0. The lowest BCUT2D eigenvalue weighted by Crippen LogP contribution is -2.29. The van der Waals surface area contributed by atoms with E-state index in [2.05, 4.69) is 15.1 Å². The molecule has 0 unspecified atom stereocenters. The van der Waals surface area contributed by atoms with Gasteiger partial charge in [-0.2, -0.15) is 5.10 Å². The van der Waals surface area contributed by atoms with Crippen LogP contribution in [0.2, 0.25) is 0 Å². The number of anilines is 1. The van der Waals surface area contributed by atoms with Crippen molar-refractivity contribution in [2.45, 2.75) is 11.8 Å². The topological polar surface area (TPSA) is 133 Å². The molecule has 3 heterocycles. The summed E-state index contributed by atoms with van der Waals surface area (Å²) in [5.41, 5.74) is 1.19. The third kappa shape index (κ3) is 6.26. The summed E-state index contributed by atoms with van der Waals surface area (Å²) in [4.78, 5) is 26.9. The van der Waals surface area contributed by atoms with E-state index in [0.29, 0.717) is 22.3 Å². The Labute approximate surface area is 273 Å². The van der Waals surface area contributed by atoms with Crippen LogP contribution in [0.1, 0.15) is 17.3 Å². The zero-order chi connectivity index (χ0) is 34.0. The van der Waals surface area contributed by atoms with Gasteiger partial charge in [-0.1, -0.05) is 12.1 Å². The minimum Gasteiger partial charge on any atom is -0.493 e. The molecule has 1 amide bonds. The molecule has 0 spiro atoms. The monoisotopic (exact) mass is 671 g/mol. The van der Waals surface area contributed by atoms with Crippen LogP contribution < -0.4 is 25.1 Å². The zero-order valence-corrected chi connectivity index (χ0v) is 26.3. The summed E-state index contributed by atoms with van der Waals surface area (Å²) in [7, 11) is -2.29. The molecule has 14 heteroatoms. The van der Waals surface area contributed by atoms with Crippen molar-refractivity contribution in [3.05, 3.63) is 131 Å². The molecule has 0 bridgehead atoms. The van der Waals surface area contributed by atoms with Gasteiger partial charge in [0.25, 0.3) is 11.5 Å². The number of aromatic nitrogens is 3. The Morgan fingerprint density at radius 1 is 0.896 bits per heavy atom. The van der Waals surface area contributed by atoms with Gasteiger partial charge >= 0.3 is 0 Å². The van der Waals surface area contributed by atoms with Crippen LogP contribution in [0.4, 0.5) is 14.5 Å². The summed E-state index contributed by atoms with van der Waals surface area (Å²) in [6.07, 6.45) is 4.59. The van der Waals surface area contributed by atoms with Gasteiger partial charge in [0.1, 0.15) is 22.6 Å². The van der Waals surface area contributed by atoms with E-state index in [4.69, 9.17) is 9.47 Å². The third-order valence-corrected chi connectivity index (χ3v) is 8.79. The molecule has 0 saturated carbocycles. The van der Waals surface area contributed by atoms with Gasteiger partial charge in [0.2, 0.25) is 10.0 Å². The Morgan fingerprint density at radius 2 is 1.65 bits per heavy atom. The van der Waals surface area contributed by atoms with Crippen LogP contribution in [0.25, 0.3) is 22.3 Å². The summed E-state index contributed by atoms with van der Waals surface area (Å²) >= 11 is 0. The van der Waals surface area contributed by atoms with E-state index in [1.54, 1.807) is 41.9 Å². The summed E-state index contributed by atoms with van der Waals surface area (Å²) in [5.74, 6) is -1.99. The van der Waals surface area contributed by atoms with Crippen LogP contribution >= 0.6 is 0 Å². The first-order chi connectivity index (χ1) is 23.1. The summed E-state index contributed by atoms with van der Waals surface area (Å²) in [5, 5.41) is 6.83. The molecule has 11 nitrogen and oxygen atoms in total. The zero-order valence-electron chi connectivity index (χ0n) is 25.5. The second-order valence-corrected chi connectivity index (χ2v) is 12.2. The minimum absolute atomic E-state index is 0.0294. The van der Waals surface area contributed by atoms with Crippen molar-refractivity contribution < 1.29 is 31.5 Å². The van der Waals surface area contributed by atoms with Gasteiger partial charge in [-0.05, 0) is 80.2 Å². The maximum absolute atomic E-state index is 15.4. The molecule has 0 aliphatic heterocycles. The number of nitrogens with zero attached hydrogens (tertiary/aromatic N) is 3. The van der Waals surface area contributed by atoms with Gasteiger partial charge in [-0.25, -0.2) is 26.4 Å². The predicted octanol–water partition coefficient (Wildman–Crippen LogP) is 5.78. The molecular weight excluding hydrogens is 644 g/mol. The van der Waals surface area contributed by atoms with Crippen molar-refractivity contribution >= 4 is 27.1 Å². The SMILES string of the molecule is CCOc1ccn(-c2ccc(F)cc2)c(=O)c1C(=O)Nc1ccc(Oc2ccnn3ccc(-c4ccc(S(=O)(=O)NC)cc4)c23)c(F)c1. The Hall–Kier alpha value is -5.86. The van der Waals surface area contributed by atoms with E-state index in [-0.39, 0.29) is 40.0 Å². The fraction of sp³-hybridized carbons (Fsp3) is 0.0882. The smallest absolute Gasteiger partial charge is 0.271 e. The molecule has 244 valence electrons. The second kappa shape index (κ2) is 13.1. The van der Waals surface area contributed by atoms with Crippen LogP contribution in [0, 0.1) is 11.6 Å². The Morgan fingerprint density at radius 3 is 2.33 bits per heavy atom. The van der Waals surface area contributed by atoms with Crippen LogP contribution in [0.5, 0.6) is 17.2 Å². The van der Waals surface area contributed by atoms with Crippen LogP contribution in [-0.4, -0.2) is 42.2 Å². The van der Waals surface area contributed by atoms with Gasteiger partial charge in [0.15, 0.2) is 17.3 Å². The van der Waals surface area contributed by atoms with Crippen molar-refractivity contribution in [1.29, 1.82) is 0 Å². The van der Waals surface area contributed by atoms with E-state index in [1.807, 2.05) is 0 Å². The van der Waals surface area contributed by atoms with E-state index in [9.17, 15) is 22.4 Å². The number of halogens is 2. The standard InChI is InChI=1S/C34H27F2N5O6S/c1-3-46-29-16-18-40(24-9-6-22(35)7-10-24)34(43)31(29)33(42)39-23-8-13-28(27(36)20-23)47-30-14-17-38-41-19-15-26(32(30)41)21-4-11-25(12-5-21)48(44,45)37-2/h4-20,37H,3H2,1-2H3,(H,39,42). The number of sulfonamides is 1. The van der Waals surface area contributed by atoms with Gasteiger partial charge in [0.05, 0.1) is 17.7 Å². The van der Waals surface area contributed by atoms with E-state index in [0.717, 1.165) is 6.07 Å². The van der Waals surface area contributed by atoms with Gasteiger partial charge in [0, 0.05) is 41.5 Å². The highest BCUT2D eigenvalue weighted by atomic mass is 32.2. The second-order valence-electron chi connectivity index (χ2n) is 10.3. The predicted molar refractivity (Wildman–Crippen MR) is 174 cm³/mol. The maximum atomic E-state index is 15.4. The highest BCUT2D eigenvalue weighted by molar-refractivity contribution is 7.89. The number of ether oxygens (including phenoxy) is 2. The Bertz CT molecular complexity index is 2320. The lowest BCUT2D eigenvalue weighted by atomic mass is 10.1. The molecule has 0 aliphatic carbocycles. The minimum atomic E-state index is -3.62. The summed E-state index contributed by atoms with van der Waals surface area (Å²) in [6, 6.07) is 20.0. The molecule has 0 radical (unpaired) electrons. The van der Waals surface area contributed by atoms with E-state index < -0.39 is 33.1 Å². The van der Waals surface area contributed by atoms with Crippen molar-refractivity contribution in [3.63, 3.8) is 0 Å². The van der Waals surface area contributed by atoms with Crippen molar-refractivity contribution in [2.24, 2.45) is 0 Å². The lowest BCUT2D eigenvalue weighted by Gasteiger charge is -2.14. The molecule has 6 rings (SSSR count). The van der Waals surface area contributed by atoms with Crippen molar-refractivity contribution in [3.8, 4) is 34.1 Å². The highest BCUT2D eigenvalue weighted by Crippen LogP contribution is 2.36. The molecule has 0 fully saturated rings. The number of hydrogen-bond donors (Lipinski definition) is 2. The van der Waals surface area contributed by atoms with Gasteiger partial charge in [-0.15, -0.1) is 0 Å².